The number of hydrogen-bond donors (Lipinski definition) is 1. The van der Waals surface area contributed by atoms with Gasteiger partial charge in [0.2, 0.25) is 0 Å². The smallest absolute Gasteiger partial charge is 0.145 e. The molecule has 0 radical (unpaired) electrons. The molecule has 0 aliphatic heterocycles. The zero-order valence-electron chi connectivity index (χ0n) is 9.45. The van der Waals surface area contributed by atoms with Gasteiger partial charge in [0, 0.05) is 29.5 Å². The molecule has 0 unspecified atom stereocenters. The Morgan fingerprint density at radius 2 is 2.19 bits per heavy atom. The highest BCUT2D eigenvalue weighted by Crippen LogP contribution is 2.37. The van der Waals surface area contributed by atoms with E-state index in [4.69, 9.17) is 5.73 Å². The second-order valence-electron chi connectivity index (χ2n) is 4.61. The fraction of sp³-hybridized carbons (Fsp3) is 0.667. The summed E-state index contributed by atoms with van der Waals surface area (Å²) in [6, 6.07) is 0. The first-order chi connectivity index (χ1) is 7.77. The predicted octanol–water partition coefficient (Wildman–Crippen LogP) is 2.16. The molecule has 1 aliphatic rings. The summed E-state index contributed by atoms with van der Waals surface area (Å²) in [5, 5.41) is 0. The van der Waals surface area contributed by atoms with Crippen LogP contribution in [0.25, 0.3) is 0 Å². The van der Waals surface area contributed by atoms with Crippen LogP contribution < -0.4 is 5.73 Å². The van der Waals surface area contributed by atoms with E-state index < -0.39 is 0 Å². The maximum Gasteiger partial charge on any atom is 0.145 e. The Bertz CT molecular complexity index is 342. The second-order valence-corrected chi connectivity index (χ2v) is 5.58. The van der Waals surface area contributed by atoms with Crippen LogP contribution in [0.1, 0.15) is 37.0 Å². The van der Waals surface area contributed by atoms with Gasteiger partial charge >= 0.3 is 0 Å². The maximum absolute atomic E-state index is 12.3. The van der Waals surface area contributed by atoms with Crippen molar-refractivity contribution in [3.8, 4) is 0 Å². The Kier molecular flexibility index (Phi) is 3.71. The minimum atomic E-state index is -0.234. The van der Waals surface area contributed by atoms with Gasteiger partial charge in [-0.15, -0.1) is 11.3 Å². The molecule has 0 spiro atoms. The molecule has 0 atom stereocenters. The molecule has 0 saturated heterocycles. The summed E-state index contributed by atoms with van der Waals surface area (Å²) < 4.78 is 0. The third-order valence-corrected chi connectivity index (χ3v) is 4.39. The van der Waals surface area contributed by atoms with Crippen molar-refractivity contribution in [2.75, 3.05) is 6.54 Å². The molecular weight excluding hydrogens is 220 g/mol. The Morgan fingerprint density at radius 1 is 1.44 bits per heavy atom. The van der Waals surface area contributed by atoms with Crippen LogP contribution in [0, 0.1) is 5.41 Å². The van der Waals surface area contributed by atoms with Crippen LogP contribution in [-0.4, -0.2) is 17.3 Å². The topological polar surface area (TPSA) is 56.0 Å². The summed E-state index contributed by atoms with van der Waals surface area (Å²) in [6.45, 7) is 0.505. The maximum atomic E-state index is 12.3. The molecule has 4 heteroatoms. The van der Waals surface area contributed by atoms with E-state index in [1.807, 2.05) is 0 Å². The van der Waals surface area contributed by atoms with E-state index in [1.54, 1.807) is 23.0 Å². The lowest BCUT2D eigenvalue weighted by Gasteiger charge is -2.34. The van der Waals surface area contributed by atoms with Gasteiger partial charge in [0.1, 0.15) is 5.78 Å². The number of thiazole rings is 1. The van der Waals surface area contributed by atoms with Crippen LogP contribution in [0.3, 0.4) is 0 Å². The van der Waals surface area contributed by atoms with E-state index in [1.165, 1.54) is 6.42 Å². The number of nitrogens with two attached hydrogens (primary N) is 1. The van der Waals surface area contributed by atoms with Crippen LogP contribution >= 0.6 is 11.3 Å². The van der Waals surface area contributed by atoms with Crippen LogP contribution in [0.2, 0.25) is 0 Å². The average Bonchev–Trinajstić information content (AvgIpc) is 2.82. The molecule has 2 N–H and O–H groups in total. The SMILES string of the molecule is NCC1(C(=O)Cc2cncs2)CCCCC1. The highest BCUT2D eigenvalue weighted by molar-refractivity contribution is 7.09. The molecule has 3 nitrogen and oxygen atoms in total. The second kappa shape index (κ2) is 5.06. The summed E-state index contributed by atoms with van der Waals surface area (Å²) >= 11 is 1.55. The first-order valence-corrected chi connectivity index (χ1v) is 6.75. The van der Waals surface area contributed by atoms with Crippen molar-refractivity contribution in [1.82, 2.24) is 4.98 Å². The lowest BCUT2D eigenvalue weighted by atomic mass is 9.70. The molecule has 1 heterocycles. The van der Waals surface area contributed by atoms with Gasteiger partial charge < -0.3 is 5.73 Å². The van der Waals surface area contributed by atoms with Crippen LogP contribution in [0.5, 0.6) is 0 Å². The molecule has 16 heavy (non-hydrogen) atoms. The number of ketones is 1. The molecule has 1 aromatic heterocycles. The first-order valence-electron chi connectivity index (χ1n) is 5.88. The Balaban J connectivity index is 2.06. The minimum Gasteiger partial charge on any atom is -0.329 e. The monoisotopic (exact) mass is 238 g/mol. The van der Waals surface area contributed by atoms with Crippen molar-refractivity contribution >= 4 is 17.1 Å². The number of rotatable bonds is 4. The van der Waals surface area contributed by atoms with Crippen molar-refractivity contribution in [2.24, 2.45) is 11.1 Å². The lowest BCUT2D eigenvalue weighted by molar-refractivity contribution is -0.129. The third-order valence-electron chi connectivity index (χ3n) is 3.61. The third kappa shape index (κ3) is 2.33. The van der Waals surface area contributed by atoms with Gasteiger partial charge in [-0.25, -0.2) is 0 Å². The number of aromatic nitrogens is 1. The van der Waals surface area contributed by atoms with Crippen molar-refractivity contribution < 1.29 is 4.79 Å². The van der Waals surface area contributed by atoms with Crippen LogP contribution in [-0.2, 0) is 11.2 Å². The van der Waals surface area contributed by atoms with Gasteiger partial charge in [0.25, 0.3) is 0 Å². The quantitative estimate of drug-likeness (QED) is 0.874. The number of nitrogens with zero attached hydrogens (tertiary/aromatic N) is 1. The molecule has 2 rings (SSSR count). The first kappa shape index (κ1) is 11.7. The summed E-state index contributed by atoms with van der Waals surface area (Å²) in [5.41, 5.74) is 7.38. The van der Waals surface area contributed by atoms with Crippen molar-refractivity contribution in [3.05, 3.63) is 16.6 Å². The van der Waals surface area contributed by atoms with Gasteiger partial charge in [-0.1, -0.05) is 19.3 Å². The molecule has 88 valence electrons. The van der Waals surface area contributed by atoms with E-state index in [2.05, 4.69) is 4.98 Å². The highest BCUT2D eigenvalue weighted by Gasteiger charge is 2.37. The number of carbonyl (C=O) groups is 1. The Labute approximate surface area is 100 Å². The van der Waals surface area contributed by atoms with Crippen molar-refractivity contribution in [2.45, 2.75) is 38.5 Å². The van der Waals surface area contributed by atoms with Crippen molar-refractivity contribution in [1.29, 1.82) is 0 Å². The summed E-state index contributed by atoms with van der Waals surface area (Å²) in [7, 11) is 0. The Morgan fingerprint density at radius 3 is 2.75 bits per heavy atom. The van der Waals surface area contributed by atoms with Gasteiger partial charge in [-0.2, -0.15) is 0 Å². The molecule has 1 fully saturated rings. The fourth-order valence-corrected chi connectivity index (χ4v) is 3.09. The highest BCUT2D eigenvalue weighted by atomic mass is 32.1. The molecule has 1 saturated carbocycles. The molecule has 1 aliphatic carbocycles. The molecular formula is C12H18N2OS. The largest absolute Gasteiger partial charge is 0.329 e. The normalized spacial score (nSPS) is 19.6. The summed E-state index contributed by atoms with van der Waals surface area (Å²) in [4.78, 5) is 17.4. The van der Waals surface area contributed by atoms with Crippen LogP contribution in [0.4, 0.5) is 0 Å². The standard InChI is InChI=1S/C12H18N2OS/c13-8-12(4-2-1-3-5-12)11(15)6-10-7-14-9-16-10/h7,9H,1-6,8,13H2. The van der Waals surface area contributed by atoms with E-state index >= 15 is 0 Å². The predicted molar refractivity (Wildman–Crippen MR) is 65.4 cm³/mol. The van der Waals surface area contributed by atoms with E-state index in [9.17, 15) is 4.79 Å². The van der Waals surface area contributed by atoms with Gasteiger partial charge in [-0.05, 0) is 12.8 Å². The van der Waals surface area contributed by atoms with E-state index in [0.717, 1.165) is 30.6 Å². The number of carbonyl (C=O) groups excluding carboxylic acids is 1. The zero-order valence-corrected chi connectivity index (χ0v) is 10.3. The number of hydrogen-bond acceptors (Lipinski definition) is 4. The average molecular weight is 238 g/mol. The molecule has 0 aromatic carbocycles. The van der Waals surface area contributed by atoms with Crippen LogP contribution in [0.15, 0.2) is 11.7 Å². The molecule has 0 bridgehead atoms. The van der Waals surface area contributed by atoms with Gasteiger partial charge in [0.15, 0.2) is 0 Å². The molecule has 0 amide bonds. The lowest BCUT2D eigenvalue weighted by Crippen LogP contribution is -2.41. The Hall–Kier alpha value is -0.740. The van der Waals surface area contributed by atoms with E-state index in [-0.39, 0.29) is 5.41 Å². The summed E-state index contributed by atoms with van der Waals surface area (Å²) in [6.07, 6.45) is 7.78. The zero-order chi connectivity index (χ0) is 11.4. The molecule has 1 aromatic rings. The van der Waals surface area contributed by atoms with Gasteiger partial charge in [0.05, 0.1) is 5.51 Å². The fourth-order valence-electron chi connectivity index (χ4n) is 2.50. The number of Topliss-reactive ketones (excluding diaryl/α,β-unsaturated/α-hetero) is 1. The summed E-state index contributed by atoms with van der Waals surface area (Å²) in [5.74, 6) is 0.318. The van der Waals surface area contributed by atoms with Crippen molar-refractivity contribution in [3.63, 3.8) is 0 Å². The van der Waals surface area contributed by atoms with E-state index in [0.29, 0.717) is 18.7 Å². The minimum absolute atomic E-state index is 0.234. The van der Waals surface area contributed by atoms with Gasteiger partial charge in [-0.3, -0.25) is 9.78 Å².